The molecule has 3 rings (SSSR count). The van der Waals surface area contributed by atoms with E-state index in [1.807, 2.05) is 12.4 Å². The van der Waals surface area contributed by atoms with Gasteiger partial charge >= 0.3 is 0 Å². The first kappa shape index (κ1) is 17.5. The average Bonchev–Trinajstić information content (AvgIpc) is 3.23. The number of nitrogens with one attached hydrogen (secondary N) is 1. The monoisotopic (exact) mass is 342 g/mol. The summed E-state index contributed by atoms with van der Waals surface area (Å²) >= 11 is 0. The van der Waals surface area contributed by atoms with Gasteiger partial charge in [-0.15, -0.1) is 0 Å². The summed E-state index contributed by atoms with van der Waals surface area (Å²) in [6, 6.07) is 2.71. The largest absolute Gasteiger partial charge is 0.351 e. The summed E-state index contributed by atoms with van der Waals surface area (Å²) in [4.78, 5) is 22.6. The second-order valence-corrected chi connectivity index (χ2v) is 6.83. The van der Waals surface area contributed by atoms with E-state index in [-0.39, 0.29) is 11.9 Å². The molecule has 1 atom stereocenters. The first-order valence-corrected chi connectivity index (χ1v) is 8.86. The number of hydrogen-bond donors (Lipinski definition) is 1. The van der Waals surface area contributed by atoms with Crippen LogP contribution in [0, 0.1) is 0 Å². The van der Waals surface area contributed by atoms with Crippen LogP contribution in [0.15, 0.2) is 24.7 Å². The standard InChI is InChI=1S/C18H26N6O/c1-13(2)24-16(6-7-21-24)12-23-8-4-5-18(23)17-11-19-9-15(22-17)10-20-14(3)25/h6-7,9,11,13,18H,4-5,8,10,12H2,1-3H3,(H,20,25)/t18-/m0/s1. The summed E-state index contributed by atoms with van der Waals surface area (Å²) in [5.74, 6) is -0.0587. The molecule has 1 N–H and O–H groups in total. The molecule has 134 valence electrons. The van der Waals surface area contributed by atoms with Gasteiger partial charge in [-0.1, -0.05) is 0 Å². The van der Waals surface area contributed by atoms with Crippen molar-refractivity contribution < 1.29 is 4.79 Å². The molecule has 7 nitrogen and oxygen atoms in total. The Morgan fingerprint density at radius 1 is 1.40 bits per heavy atom. The molecular formula is C18H26N6O. The maximum absolute atomic E-state index is 11.1. The van der Waals surface area contributed by atoms with E-state index in [1.54, 1.807) is 6.20 Å². The number of carbonyl (C=O) groups excluding carboxylic acids is 1. The number of amides is 1. The van der Waals surface area contributed by atoms with Crippen molar-refractivity contribution in [1.82, 2.24) is 30.0 Å². The van der Waals surface area contributed by atoms with Crippen molar-refractivity contribution in [2.24, 2.45) is 0 Å². The zero-order valence-corrected chi connectivity index (χ0v) is 15.1. The number of aromatic nitrogens is 4. The lowest BCUT2D eigenvalue weighted by Crippen LogP contribution is -2.26. The Morgan fingerprint density at radius 2 is 2.24 bits per heavy atom. The van der Waals surface area contributed by atoms with Crippen LogP contribution in [0.2, 0.25) is 0 Å². The lowest BCUT2D eigenvalue weighted by molar-refractivity contribution is -0.119. The zero-order chi connectivity index (χ0) is 17.8. The molecule has 1 amide bonds. The lowest BCUT2D eigenvalue weighted by atomic mass is 10.1. The van der Waals surface area contributed by atoms with Crippen LogP contribution in [0.5, 0.6) is 0 Å². The van der Waals surface area contributed by atoms with Crippen molar-refractivity contribution in [1.29, 1.82) is 0 Å². The highest BCUT2D eigenvalue weighted by Gasteiger charge is 2.28. The Morgan fingerprint density at radius 3 is 3.00 bits per heavy atom. The minimum atomic E-state index is -0.0587. The second-order valence-electron chi connectivity index (χ2n) is 6.83. The zero-order valence-electron chi connectivity index (χ0n) is 15.1. The van der Waals surface area contributed by atoms with Crippen LogP contribution in [-0.2, 0) is 17.9 Å². The van der Waals surface area contributed by atoms with Gasteiger partial charge < -0.3 is 5.32 Å². The molecule has 3 heterocycles. The Balaban J connectivity index is 1.74. The van der Waals surface area contributed by atoms with E-state index >= 15 is 0 Å². The van der Waals surface area contributed by atoms with Crippen LogP contribution in [0.4, 0.5) is 0 Å². The number of hydrogen-bond acceptors (Lipinski definition) is 5. The van der Waals surface area contributed by atoms with Gasteiger partial charge in [0.25, 0.3) is 0 Å². The van der Waals surface area contributed by atoms with Crippen LogP contribution in [0.3, 0.4) is 0 Å². The van der Waals surface area contributed by atoms with E-state index in [4.69, 9.17) is 4.98 Å². The Labute approximate surface area is 148 Å². The molecule has 1 fully saturated rings. The highest BCUT2D eigenvalue weighted by molar-refractivity contribution is 5.72. The molecule has 0 aliphatic carbocycles. The van der Waals surface area contributed by atoms with Gasteiger partial charge in [0.15, 0.2) is 0 Å². The van der Waals surface area contributed by atoms with Crippen molar-refractivity contribution in [3.63, 3.8) is 0 Å². The van der Waals surface area contributed by atoms with Gasteiger partial charge in [-0.05, 0) is 39.3 Å². The van der Waals surface area contributed by atoms with Crippen molar-refractivity contribution in [3.8, 4) is 0 Å². The summed E-state index contributed by atoms with van der Waals surface area (Å²) in [6.07, 6.45) is 7.66. The van der Waals surface area contributed by atoms with Gasteiger partial charge in [0, 0.05) is 25.7 Å². The van der Waals surface area contributed by atoms with Gasteiger partial charge in [-0.25, -0.2) is 0 Å². The fourth-order valence-corrected chi connectivity index (χ4v) is 3.37. The van der Waals surface area contributed by atoms with Gasteiger partial charge in [-0.3, -0.25) is 24.3 Å². The highest BCUT2D eigenvalue weighted by Crippen LogP contribution is 2.32. The second kappa shape index (κ2) is 7.74. The van der Waals surface area contributed by atoms with Gasteiger partial charge in [0.1, 0.15) is 0 Å². The van der Waals surface area contributed by atoms with E-state index in [0.29, 0.717) is 12.6 Å². The molecule has 0 bridgehead atoms. The SMILES string of the molecule is CC(=O)NCc1cncc([C@@H]2CCCN2Cc2ccnn2C(C)C)n1. The molecule has 25 heavy (non-hydrogen) atoms. The first-order valence-electron chi connectivity index (χ1n) is 8.86. The summed E-state index contributed by atoms with van der Waals surface area (Å²) in [5, 5.41) is 7.21. The van der Waals surface area contributed by atoms with E-state index in [1.165, 1.54) is 12.6 Å². The summed E-state index contributed by atoms with van der Waals surface area (Å²) in [6.45, 7) is 8.13. The lowest BCUT2D eigenvalue weighted by Gasteiger charge is -2.25. The van der Waals surface area contributed by atoms with Crippen LogP contribution in [0.1, 0.15) is 62.8 Å². The van der Waals surface area contributed by atoms with Gasteiger partial charge in [0.05, 0.1) is 42.1 Å². The molecule has 0 radical (unpaired) electrons. The minimum Gasteiger partial charge on any atom is -0.351 e. The molecule has 2 aromatic heterocycles. The average molecular weight is 342 g/mol. The fraction of sp³-hybridized carbons (Fsp3) is 0.556. The third-order valence-corrected chi connectivity index (χ3v) is 4.53. The van der Waals surface area contributed by atoms with E-state index in [2.05, 4.69) is 44.9 Å². The predicted molar refractivity (Wildman–Crippen MR) is 94.5 cm³/mol. The topological polar surface area (TPSA) is 75.9 Å². The van der Waals surface area contributed by atoms with Crippen LogP contribution in [-0.4, -0.2) is 37.1 Å². The fourth-order valence-electron chi connectivity index (χ4n) is 3.37. The third kappa shape index (κ3) is 4.22. The van der Waals surface area contributed by atoms with Gasteiger partial charge in [0.2, 0.25) is 5.91 Å². The molecule has 0 spiro atoms. The minimum absolute atomic E-state index is 0.0587. The van der Waals surface area contributed by atoms with Crippen LogP contribution in [0.25, 0.3) is 0 Å². The molecule has 2 aromatic rings. The smallest absolute Gasteiger partial charge is 0.217 e. The Kier molecular flexibility index (Phi) is 5.43. The Hall–Kier alpha value is -2.28. The van der Waals surface area contributed by atoms with E-state index in [0.717, 1.165) is 37.3 Å². The molecule has 0 aromatic carbocycles. The first-order chi connectivity index (χ1) is 12.0. The van der Waals surface area contributed by atoms with E-state index < -0.39 is 0 Å². The van der Waals surface area contributed by atoms with Crippen molar-refractivity contribution in [2.75, 3.05) is 6.54 Å². The van der Waals surface area contributed by atoms with Crippen molar-refractivity contribution in [3.05, 3.63) is 41.7 Å². The van der Waals surface area contributed by atoms with Gasteiger partial charge in [-0.2, -0.15) is 5.10 Å². The molecule has 1 aliphatic heterocycles. The third-order valence-electron chi connectivity index (χ3n) is 4.53. The summed E-state index contributed by atoms with van der Waals surface area (Å²) in [7, 11) is 0. The molecule has 1 aliphatic rings. The molecule has 0 saturated carbocycles. The predicted octanol–water partition coefficient (Wildman–Crippen LogP) is 2.23. The number of carbonyl (C=O) groups is 1. The number of nitrogens with zero attached hydrogens (tertiary/aromatic N) is 5. The maximum Gasteiger partial charge on any atom is 0.217 e. The molecule has 1 saturated heterocycles. The van der Waals surface area contributed by atoms with Crippen molar-refractivity contribution >= 4 is 5.91 Å². The summed E-state index contributed by atoms with van der Waals surface area (Å²) < 4.78 is 2.08. The Bertz CT molecular complexity index is 726. The normalized spacial score (nSPS) is 18.0. The van der Waals surface area contributed by atoms with E-state index in [9.17, 15) is 4.79 Å². The van der Waals surface area contributed by atoms with Crippen molar-refractivity contribution in [2.45, 2.75) is 58.8 Å². The summed E-state index contributed by atoms with van der Waals surface area (Å²) in [5.41, 5.74) is 3.01. The highest BCUT2D eigenvalue weighted by atomic mass is 16.1. The quantitative estimate of drug-likeness (QED) is 0.871. The molecular weight excluding hydrogens is 316 g/mol. The molecule has 0 unspecified atom stereocenters. The van der Waals surface area contributed by atoms with Crippen LogP contribution < -0.4 is 5.32 Å². The number of likely N-dealkylation sites (tertiary alicyclic amines) is 1. The maximum atomic E-state index is 11.1. The molecule has 7 heteroatoms. The number of rotatable bonds is 6. The van der Waals surface area contributed by atoms with Crippen LogP contribution >= 0.6 is 0 Å².